The average Bonchev–Trinajstić information content (AvgIpc) is 2.88. The maximum Gasteiger partial charge on any atom is 0.314 e. The van der Waals surface area contributed by atoms with Gasteiger partial charge >= 0.3 is 5.97 Å². The van der Waals surface area contributed by atoms with E-state index in [0.717, 1.165) is 23.9 Å². The minimum Gasteiger partial charge on any atom is -0.426 e. The van der Waals surface area contributed by atoms with Gasteiger partial charge in [-0.2, -0.15) is 0 Å². The maximum atomic E-state index is 12.3. The Morgan fingerprint density at radius 1 is 1.27 bits per heavy atom. The summed E-state index contributed by atoms with van der Waals surface area (Å²) in [6.45, 7) is 6.94. The van der Waals surface area contributed by atoms with Crippen LogP contribution in [0.2, 0.25) is 0 Å². The average molecular weight is 302 g/mol. The fourth-order valence-electron chi connectivity index (χ4n) is 2.32. The molecule has 0 radical (unpaired) electrons. The number of H-pyrrole nitrogens is 1. The van der Waals surface area contributed by atoms with Gasteiger partial charge in [0, 0.05) is 23.6 Å². The molecule has 4 heteroatoms. The number of hydrogen-bond donors (Lipinski definition) is 1. The first-order valence-electron chi connectivity index (χ1n) is 7.85. The number of carbonyl (C=O) groups excluding carboxylic acids is 1. The minimum atomic E-state index is -0.165. The third kappa shape index (κ3) is 3.69. The molecule has 0 spiro atoms. The Hall–Kier alpha value is -1.81. The molecule has 1 heterocycles. The van der Waals surface area contributed by atoms with Crippen molar-refractivity contribution in [3.63, 3.8) is 0 Å². The Kier molecular flexibility index (Phi) is 5.24. The van der Waals surface area contributed by atoms with Crippen LogP contribution in [-0.2, 0) is 11.2 Å². The zero-order valence-corrected chi connectivity index (χ0v) is 14.1. The molecule has 0 amide bonds. The lowest BCUT2D eigenvalue weighted by Crippen LogP contribution is -2.22. The zero-order valence-electron chi connectivity index (χ0n) is 14.1. The van der Waals surface area contributed by atoms with Gasteiger partial charge in [0.25, 0.3) is 0 Å². The number of nitrogens with one attached hydrogen (secondary N) is 1. The maximum absolute atomic E-state index is 12.3. The number of nitrogens with zero attached hydrogens (tertiary/aromatic N) is 1. The summed E-state index contributed by atoms with van der Waals surface area (Å²) in [5, 5.41) is 1.02. The van der Waals surface area contributed by atoms with Crippen molar-refractivity contribution in [2.45, 2.75) is 27.2 Å². The highest BCUT2D eigenvalue weighted by atomic mass is 16.5. The van der Waals surface area contributed by atoms with Crippen LogP contribution in [0.1, 0.15) is 26.3 Å². The van der Waals surface area contributed by atoms with E-state index in [2.05, 4.69) is 24.0 Å². The van der Waals surface area contributed by atoms with Crippen molar-refractivity contribution in [3.05, 3.63) is 30.0 Å². The predicted octanol–water partition coefficient (Wildman–Crippen LogP) is 3.47. The molecular formula is C18H26N2O2. The van der Waals surface area contributed by atoms with Crippen molar-refractivity contribution >= 4 is 16.9 Å². The number of likely N-dealkylation sites (N-methyl/N-ethyl adjacent to an activating group) is 1. The molecule has 0 aliphatic rings. The van der Waals surface area contributed by atoms with Crippen molar-refractivity contribution in [1.29, 1.82) is 0 Å². The molecule has 0 saturated carbocycles. The van der Waals surface area contributed by atoms with E-state index in [1.54, 1.807) is 0 Å². The summed E-state index contributed by atoms with van der Waals surface area (Å²) >= 11 is 0. The van der Waals surface area contributed by atoms with Gasteiger partial charge in [-0.05, 0) is 44.1 Å². The summed E-state index contributed by atoms with van der Waals surface area (Å²) in [4.78, 5) is 17.7. The van der Waals surface area contributed by atoms with Crippen molar-refractivity contribution < 1.29 is 9.53 Å². The first kappa shape index (κ1) is 16.6. The van der Waals surface area contributed by atoms with Gasteiger partial charge in [0.15, 0.2) is 0 Å². The van der Waals surface area contributed by atoms with Crippen LogP contribution >= 0.6 is 0 Å². The fourth-order valence-corrected chi connectivity index (χ4v) is 2.32. The molecule has 0 unspecified atom stereocenters. The second kappa shape index (κ2) is 6.97. The number of ether oxygens (including phenoxy) is 1. The molecule has 1 aromatic heterocycles. The van der Waals surface area contributed by atoms with Gasteiger partial charge < -0.3 is 14.6 Å². The zero-order chi connectivity index (χ0) is 16.3. The number of carbonyl (C=O) groups is 1. The Labute approximate surface area is 132 Å². The molecule has 0 fully saturated rings. The number of aromatic nitrogens is 1. The first-order valence-corrected chi connectivity index (χ1v) is 7.85. The molecule has 1 N–H and O–H groups in total. The number of rotatable bonds is 6. The van der Waals surface area contributed by atoms with E-state index in [4.69, 9.17) is 4.74 Å². The van der Waals surface area contributed by atoms with E-state index in [1.165, 1.54) is 5.56 Å². The van der Waals surface area contributed by atoms with Crippen LogP contribution in [0.5, 0.6) is 5.75 Å². The van der Waals surface area contributed by atoms with Crippen LogP contribution < -0.4 is 4.74 Å². The summed E-state index contributed by atoms with van der Waals surface area (Å²) in [5.74, 6) is 0.651. The van der Waals surface area contributed by atoms with Gasteiger partial charge in [0.1, 0.15) is 5.75 Å². The molecule has 2 rings (SSSR count). The number of benzene rings is 1. The number of fused-ring (bicyclic) bond motifs is 1. The third-order valence-electron chi connectivity index (χ3n) is 4.16. The first-order chi connectivity index (χ1) is 10.4. The van der Waals surface area contributed by atoms with Crippen molar-refractivity contribution in [1.82, 2.24) is 9.88 Å². The quantitative estimate of drug-likeness (QED) is 0.656. The highest BCUT2D eigenvalue weighted by Gasteiger charge is 2.20. The van der Waals surface area contributed by atoms with Crippen LogP contribution in [-0.4, -0.2) is 36.5 Å². The molecule has 0 saturated heterocycles. The normalized spacial score (nSPS) is 13.0. The summed E-state index contributed by atoms with van der Waals surface area (Å²) in [6, 6.07) is 5.80. The lowest BCUT2D eigenvalue weighted by atomic mass is 9.98. The van der Waals surface area contributed by atoms with E-state index in [0.29, 0.717) is 5.75 Å². The van der Waals surface area contributed by atoms with E-state index < -0.39 is 0 Å². The van der Waals surface area contributed by atoms with Gasteiger partial charge in [-0.1, -0.05) is 26.8 Å². The highest BCUT2D eigenvalue weighted by molar-refractivity contribution is 5.91. The van der Waals surface area contributed by atoms with Crippen LogP contribution in [0.4, 0.5) is 0 Å². The van der Waals surface area contributed by atoms with Gasteiger partial charge in [-0.15, -0.1) is 0 Å². The standard InChI is InChI=1S/C18H26N2O2/c1-12(2)13(3)18(21)22-16-8-6-7-15-17(16)14(11-19-15)9-10-20(4)5/h6-8,11-13,19H,9-10H2,1-5H3/t13-/m1/s1. The molecular weight excluding hydrogens is 276 g/mol. The van der Waals surface area contributed by atoms with Crippen molar-refractivity contribution in [2.24, 2.45) is 11.8 Å². The van der Waals surface area contributed by atoms with Gasteiger partial charge in [0.05, 0.1) is 5.92 Å². The highest BCUT2D eigenvalue weighted by Crippen LogP contribution is 2.30. The molecule has 0 aliphatic heterocycles. The Morgan fingerprint density at radius 3 is 2.64 bits per heavy atom. The second-order valence-electron chi connectivity index (χ2n) is 6.50. The van der Waals surface area contributed by atoms with Crippen LogP contribution in [0.25, 0.3) is 10.9 Å². The number of esters is 1. The largest absolute Gasteiger partial charge is 0.426 e. The third-order valence-corrected chi connectivity index (χ3v) is 4.16. The van der Waals surface area contributed by atoms with Crippen LogP contribution in [0, 0.1) is 11.8 Å². The van der Waals surface area contributed by atoms with Crippen molar-refractivity contribution in [2.75, 3.05) is 20.6 Å². The van der Waals surface area contributed by atoms with Gasteiger partial charge in [0.2, 0.25) is 0 Å². The molecule has 22 heavy (non-hydrogen) atoms. The predicted molar refractivity (Wildman–Crippen MR) is 90.2 cm³/mol. The molecule has 2 aromatic rings. The SMILES string of the molecule is CC(C)[C@@H](C)C(=O)Oc1cccc2[nH]cc(CCN(C)C)c12. The lowest BCUT2D eigenvalue weighted by molar-refractivity contribution is -0.139. The number of hydrogen-bond acceptors (Lipinski definition) is 3. The minimum absolute atomic E-state index is 0.112. The molecule has 0 bridgehead atoms. The summed E-state index contributed by atoms with van der Waals surface area (Å²) in [6.07, 6.45) is 2.93. The molecule has 0 aliphatic carbocycles. The molecule has 120 valence electrons. The Balaban J connectivity index is 2.29. The van der Waals surface area contributed by atoms with Gasteiger partial charge in [-0.3, -0.25) is 4.79 Å². The fraction of sp³-hybridized carbons (Fsp3) is 0.500. The lowest BCUT2D eigenvalue weighted by Gasteiger charge is -2.15. The van der Waals surface area contributed by atoms with E-state index >= 15 is 0 Å². The summed E-state index contributed by atoms with van der Waals surface area (Å²) in [7, 11) is 4.11. The second-order valence-corrected chi connectivity index (χ2v) is 6.50. The van der Waals surface area contributed by atoms with E-state index in [-0.39, 0.29) is 17.8 Å². The molecule has 1 aromatic carbocycles. The van der Waals surface area contributed by atoms with Crippen molar-refractivity contribution in [3.8, 4) is 5.75 Å². The topological polar surface area (TPSA) is 45.3 Å². The molecule has 1 atom stereocenters. The van der Waals surface area contributed by atoms with Gasteiger partial charge in [-0.25, -0.2) is 0 Å². The Bertz CT molecular complexity index is 644. The van der Waals surface area contributed by atoms with Crippen LogP contribution in [0.15, 0.2) is 24.4 Å². The monoisotopic (exact) mass is 302 g/mol. The Morgan fingerprint density at radius 2 is 2.00 bits per heavy atom. The summed E-state index contributed by atoms with van der Waals surface area (Å²) < 4.78 is 5.68. The molecule has 4 nitrogen and oxygen atoms in total. The summed E-state index contributed by atoms with van der Waals surface area (Å²) in [5.41, 5.74) is 2.19. The smallest absolute Gasteiger partial charge is 0.314 e. The van der Waals surface area contributed by atoms with E-state index in [9.17, 15) is 4.79 Å². The van der Waals surface area contributed by atoms with E-state index in [1.807, 2.05) is 45.2 Å². The van der Waals surface area contributed by atoms with Crippen LogP contribution in [0.3, 0.4) is 0 Å². The number of aromatic amines is 1.